The fourth-order valence-electron chi connectivity index (χ4n) is 4.30. The second-order valence-corrected chi connectivity index (χ2v) is 16.4. The van der Waals surface area contributed by atoms with Gasteiger partial charge < -0.3 is 4.74 Å². The summed E-state index contributed by atoms with van der Waals surface area (Å²) in [5, 5.41) is 1.73. The first-order valence-corrected chi connectivity index (χ1v) is 16.0. The fraction of sp³-hybridized carbons (Fsp3) is 0.800. The van der Waals surface area contributed by atoms with E-state index in [-0.39, 0.29) is 22.9 Å². The first-order chi connectivity index (χ1) is 10.9. The number of rotatable bonds is 3. The topological polar surface area (TPSA) is 23.3 Å². The number of nitrogens with zero attached hydrogens (tertiary/aromatic N) is 1. The summed E-state index contributed by atoms with van der Waals surface area (Å²) >= 11 is -0.303. The third kappa shape index (κ3) is 5.13. The van der Waals surface area contributed by atoms with E-state index in [4.69, 9.17) is 9.72 Å². The van der Waals surface area contributed by atoms with Gasteiger partial charge in [-0.1, -0.05) is 0 Å². The van der Waals surface area contributed by atoms with Crippen molar-refractivity contribution in [2.75, 3.05) is 13.2 Å². The molecule has 1 fully saturated rings. The summed E-state index contributed by atoms with van der Waals surface area (Å²) in [4.78, 5) is 5.27. The Kier molecular flexibility index (Phi) is 7.71. The van der Waals surface area contributed by atoms with E-state index in [2.05, 4.69) is 67.0 Å². The van der Waals surface area contributed by atoms with E-state index in [1.165, 1.54) is 12.8 Å². The van der Waals surface area contributed by atoms with E-state index in [1.807, 2.05) is 0 Å². The van der Waals surface area contributed by atoms with Crippen LogP contribution in [-0.4, -0.2) is 44.4 Å². The van der Waals surface area contributed by atoms with Crippen molar-refractivity contribution in [2.45, 2.75) is 89.4 Å². The Morgan fingerprint density at radius 3 is 1.88 bits per heavy atom. The molecule has 4 heteroatoms. The molecule has 2 aliphatic rings. The molecule has 137 valence electrons. The van der Waals surface area contributed by atoms with Gasteiger partial charge in [0.2, 0.25) is 0 Å². The van der Waals surface area contributed by atoms with Crippen LogP contribution in [0.25, 0.3) is 4.98 Å². The molecule has 0 bridgehead atoms. The zero-order chi connectivity index (χ0) is 18.8. The molecule has 1 heterocycles. The summed E-state index contributed by atoms with van der Waals surface area (Å²) in [7, 11) is -1.71. The van der Waals surface area contributed by atoms with Gasteiger partial charge in [0, 0.05) is 13.2 Å². The van der Waals surface area contributed by atoms with Crippen molar-refractivity contribution in [3.63, 3.8) is 0 Å². The average molecular weight is 406 g/mol. The Balaban J connectivity index is 0.000000488. The van der Waals surface area contributed by atoms with Crippen LogP contribution in [0.4, 0.5) is 0 Å². The van der Waals surface area contributed by atoms with E-state index in [0.717, 1.165) is 13.2 Å². The Morgan fingerprint density at radius 2 is 1.54 bits per heavy atom. The molecule has 1 unspecified atom stereocenters. The van der Waals surface area contributed by atoms with Crippen molar-refractivity contribution in [1.82, 2.24) is 0 Å². The van der Waals surface area contributed by atoms with Crippen molar-refractivity contribution >= 4 is 25.6 Å². The van der Waals surface area contributed by atoms with Gasteiger partial charge in [0.15, 0.2) is 0 Å². The van der Waals surface area contributed by atoms with Crippen LogP contribution >= 0.6 is 0 Å². The minimum atomic E-state index is -1.71. The molecular weight excluding hydrogens is 368 g/mol. The maximum absolute atomic E-state index is 5.27. The number of allylic oxidation sites excluding steroid dienone is 4. The zero-order valence-corrected chi connectivity index (χ0v) is 21.2. The number of ether oxygens (including phenoxy) is 1. The van der Waals surface area contributed by atoms with E-state index in [1.54, 1.807) is 21.9 Å². The molecule has 0 saturated carbocycles. The standard InChI is InChI=1S/C15H27NSi.C4H8O.CH3.Ga/c1-10-11(2)13(4)14(12(10)3)17(8,9)16-15(5,6)7;1-2-4-5-3-1;;/h1-9H3;1-4H2;1H3;/q-1;;;. The normalized spacial score (nSPS) is 25.1. The maximum atomic E-state index is 5.27. The van der Waals surface area contributed by atoms with Gasteiger partial charge in [0.25, 0.3) is 0 Å². The molecule has 0 aromatic carbocycles. The Bertz CT molecular complexity index is 505. The molecule has 0 aromatic rings. The predicted octanol–water partition coefficient (Wildman–Crippen LogP) is 6.30. The molecule has 2 rings (SSSR count). The summed E-state index contributed by atoms with van der Waals surface area (Å²) in [6.07, 6.45) is 2.56. The monoisotopic (exact) mass is 405 g/mol. The summed E-state index contributed by atoms with van der Waals surface area (Å²) in [5.41, 5.74) is 7.28. The van der Waals surface area contributed by atoms with Gasteiger partial charge in [0.05, 0.1) is 0 Å². The summed E-state index contributed by atoms with van der Waals surface area (Å²) < 4.78 is 5.34. The molecule has 0 aromatic heterocycles. The van der Waals surface area contributed by atoms with Gasteiger partial charge in [-0.05, 0) is 12.8 Å². The molecule has 24 heavy (non-hydrogen) atoms. The molecule has 0 spiro atoms. The molecular formula is C20H38GaNOSi-. The second-order valence-electron chi connectivity index (χ2n) is 8.90. The van der Waals surface area contributed by atoms with E-state index in [0.29, 0.717) is 3.97 Å². The minimum absolute atomic E-state index is 0.0750. The van der Waals surface area contributed by atoms with Gasteiger partial charge in [-0.2, -0.15) is 0 Å². The molecule has 1 saturated heterocycles. The van der Waals surface area contributed by atoms with Crippen molar-refractivity contribution in [1.29, 1.82) is 0 Å². The van der Waals surface area contributed by atoms with Crippen LogP contribution in [0, 0.1) is 0 Å². The van der Waals surface area contributed by atoms with Crippen molar-refractivity contribution in [3.8, 4) is 0 Å². The number of hydrogen-bond donors (Lipinski definition) is 0. The molecule has 1 atom stereocenters. The van der Waals surface area contributed by atoms with Crippen LogP contribution in [-0.2, 0) is 4.74 Å². The Hall–Kier alpha value is 0.253. The van der Waals surface area contributed by atoms with Gasteiger partial charge in [-0.25, -0.2) is 0 Å². The zero-order valence-electron chi connectivity index (χ0n) is 17.8. The molecule has 0 N–H and O–H groups in total. The first kappa shape index (κ1) is 22.3. The first-order valence-electron chi connectivity index (χ1n) is 9.39. The summed E-state index contributed by atoms with van der Waals surface area (Å²) in [6.45, 7) is 23.1. The molecule has 2 nitrogen and oxygen atoms in total. The third-order valence-electron chi connectivity index (χ3n) is 5.43. The van der Waals surface area contributed by atoms with Gasteiger partial charge in [-0.3, -0.25) is 0 Å². The Labute approximate surface area is 159 Å². The van der Waals surface area contributed by atoms with E-state index >= 15 is 0 Å². The summed E-state index contributed by atoms with van der Waals surface area (Å²) in [6, 6.07) is 0. The number of hydrogen-bond acceptors (Lipinski definition) is 1. The molecule has 1 aliphatic heterocycles. The van der Waals surface area contributed by atoms with Crippen LogP contribution in [0.3, 0.4) is 0 Å². The van der Waals surface area contributed by atoms with E-state index in [9.17, 15) is 0 Å². The van der Waals surface area contributed by atoms with Crippen LogP contribution in [0.5, 0.6) is 0 Å². The van der Waals surface area contributed by atoms with Crippen molar-refractivity contribution in [2.24, 2.45) is 0 Å². The van der Waals surface area contributed by atoms with Gasteiger partial charge >= 0.3 is 129 Å². The fourth-order valence-corrected chi connectivity index (χ4v) is 14.0. The molecule has 0 amide bonds. The van der Waals surface area contributed by atoms with Gasteiger partial charge in [0.1, 0.15) is 0 Å². The quantitative estimate of drug-likeness (QED) is 0.505. The van der Waals surface area contributed by atoms with Crippen molar-refractivity contribution in [3.05, 3.63) is 26.9 Å². The SMILES string of the molecule is C1CCOC1.[CH3][Ga][C]1(C)C(C)=C(C)C(C)=C1[Si](C)(C)[N-]C(C)(C)C. The molecule has 1 radical (unpaired) electrons. The van der Waals surface area contributed by atoms with Crippen LogP contribution in [0.2, 0.25) is 22.5 Å². The molecule has 1 aliphatic carbocycles. The van der Waals surface area contributed by atoms with E-state index < -0.39 is 8.24 Å². The predicted molar refractivity (Wildman–Crippen MR) is 112 cm³/mol. The van der Waals surface area contributed by atoms with Crippen LogP contribution in [0.15, 0.2) is 21.9 Å². The van der Waals surface area contributed by atoms with Crippen LogP contribution < -0.4 is 0 Å². The van der Waals surface area contributed by atoms with Crippen LogP contribution in [0.1, 0.15) is 61.3 Å². The van der Waals surface area contributed by atoms with Crippen molar-refractivity contribution < 1.29 is 4.74 Å². The Morgan fingerprint density at radius 1 is 1.04 bits per heavy atom. The third-order valence-corrected chi connectivity index (χ3v) is 13.3. The second kappa shape index (κ2) is 8.30. The summed E-state index contributed by atoms with van der Waals surface area (Å²) in [5.74, 6) is 0. The average Bonchev–Trinajstić information content (AvgIpc) is 3.05. The van der Waals surface area contributed by atoms with Gasteiger partial charge in [-0.15, -0.1) is 0 Å².